The van der Waals surface area contributed by atoms with Crippen LogP contribution in [0.4, 0.5) is 0 Å². The average Bonchev–Trinajstić information content (AvgIpc) is 2.31. The molecule has 0 aliphatic rings. The maximum absolute atomic E-state index is 5.89. The molecule has 0 aromatic rings. The van der Waals surface area contributed by atoms with Gasteiger partial charge in [0.25, 0.3) is 0 Å². The first-order valence-electron chi connectivity index (χ1n) is 6.20. The summed E-state index contributed by atoms with van der Waals surface area (Å²) in [5, 5.41) is 0. The van der Waals surface area contributed by atoms with Gasteiger partial charge in [0.05, 0.1) is 13.2 Å². The van der Waals surface area contributed by atoms with Crippen LogP contribution in [-0.4, -0.2) is 58.0 Å². The van der Waals surface area contributed by atoms with Crippen molar-refractivity contribution in [3.8, 4) is 0 Å². The third kappa shape index (κ3) is 9.09. The molecule has 0 aliphatic heterocycles. The lowest BCUT2D eigenvalue weighted by atomic mass is 10.1. The summed E-state index contributed by atoms with van der Waals surface area (Å²) in [6.07, 6.45) is 3.32. The van der Waals surface area contributed by atoms with Crippen molar-refractivity contribution < 1.29 is 9.47 Å². The molecule has 0 spiro atoms. The molecule has 1 unspecified atom stereocenters. The lowest BCUT2D eigenvalue weighted by Crippen LogP contribution is -2.32. The van der Waals surface area contributed by atoms with Crippen molar-refractivity contribution in [2.24, 2.45) is 5.73 Å². The zero-order valence-corrected chi connectivity index (χ0v) is 11.1. The highest BCUT2D eigenvalue weighted by Crippen LogP contribution is 2.01. The summed E-state index contributed by atoms with van der Waals surface area (Å²) in [5.74, 6) is 0. The van der Waals surface area contributed by atoms with Crippen LogP contribution in [0.1, 0.15) is 26.2 Å². The molecule has 0 aliphatic carbocycles. The van der Waals surface area contributed by atoms with Gasteiger partial charge in [0.15, 0.2) is 0 Å². The Morgan fingerprint density at radius 3 is 2.06 bits per heavy atom. The van der Waals surface area contributed by atoms with E-state index in [0.717, 1.165) is 52.1 Å². The Morgan fingerprint density at radius 2 is 1.62 bits per heavy atom. The number of methoxy groups -OCH3 is 2. The molecule has 2 N–H and O–H groups in total. The standard InChI is InChI=1S/C12H28N2O2/c1-4-12(13)6-5-7-14(8-10-15-2)9-11-16-3/h12H,4-11,13H2,1-3H3. The second-order valence-corrected chi connectivity index (χ2v) is 4.14. The van der Waals surface area contributed by atoms with Crippen LogP contribution in [0.3, 0.4) is 0 Å². The number of nitrogens with zero attached hydrogens (tertiary/aromatic N) is 1. The van der Waals surface area contributed by atoms with E-state index in [1.54, 1.807) is 14.2 Å². The molecule has 0 bridgehead atoms. The quantitative estimate of drug-likeness (QED) is 0.579. The molecule has 0 radical (unpaired) electrons. The summed E-state index contributed by atoms with van der Waals surface area (Å²) in [7, 11) is 3.48. The van der Waals surface area contributed by atoms with E-state index in [4.69, 9.17) is 15.2 Å². The van der Waals surface area contributed by atoms with Gasteiger partial charge in [-0.1, -0.05) is 6.92 Å². The first-order chi connectivity index (χ1) is 7.74. The Labute approximate surface area is 100 Å². The zero-order chi connectivity index (χ0) is 12.2. The van der Waals surface area contributed by atoms with Gasteiger partial charge in [-0.2, -0.15) is 0 Å². The Hall–Kier alpha value is -0.160. The normalized spacial score (nSPS) is 13.3. The Morgan fingerprint density at radius 1 is 1.06 bits per heavy atom. The predicted molar refractivity (Wildman–Crippen MR) is 67.7 cm³/mol. The summed E-state index contributed by atoms with van der Waals surface area (Å²) in [6, 6.07) is 0.353. The van der Waals surface area contributed by atoms with Crippen molar-refractivity contribution in [3.63, 3.8) is 0 Å². The fourth-order valence-corrected chi connectivity index (χ4v) is 1.56. The summed E-state index contributed by atoms with van der Waals surface area (Å²) in [4.78, 5) is 2.37. The van der Waals surface area contributed by atoms with E-state index in [2.05, 4.69) is 11.8 Å². The van der Waals surface area contributed by atoms with Gasteiger partial charge in [0.1, 0.15) is 0 Å². The molecular weight excluding hydrogens is 204 g/mol. The minimum Gasteiger partial charge on any atom is -0.383 e. The zero-order valence-electron chi connectivity index (χ0n) is 11.1. The minimum atomic E-state index is 0.353. The van der Waals surface area contributed by atoms with Crippen molar-refractivity contribution in [3.05, 3.63) is 0 Å². The fraction of sp³-hybridized carbons (Fsp3) is 1.00. The third-order valence-corrected chi connectivity index (χ3v) is 2.80. The molecular formula is C12H28N2O2. The SMILES string of the molecule is CCC(N)CCCN(CCOC)CCOC. The van der Waals surface area contributed by atoms with Gasteiger partial charge in [-0.25, -0.2) is 0 Å². The second kappa shape index (κ2) is 11.3. The molecule has 0 saturated heterocycles. The molecule has 0 rings (SSSR count). The molecule has 0 heterocycles. The molecule has 0 saturated carbocycles. The van der Waals surface area contributed by atoms with E-state index in [9.17, 15) is 0 Å². The van der Waals surface area contributed by atoms with Crippen LogP contribution in [0.15, 0.2) is 0 Å². The van der Waals surface area contributed by atoms with Crippen LogP contribution >= 0.6 is 0 Å². The van der Waals surface area contributed by atoms with Crippen molar-refractivity contribution in [2.75, 3.05) is 47.1 Å². The van der Waals surface area contributed by atoms with Crippen molar-refractivity contribution >= 4 is 0 Å². The second-order valence-electron chi connectivity index (χ2n) is 4.14. The van der Waals surface area contributed by atoms with E-state index < -0.39 is 0 Å². The molecule has 0 amide bonds. The van der Waals surface area contributed by atoms with E-state index >= 15 is 0 Å². The topological polar surface area (TPSA) is 47.7 Å². The predicted octanol–water partition coefficient (Wildman–Crippen LogP) is 1.10. The number of nitrogens with two attached hydrogens (primary N) is 1. The summed E-state index contributed by atoms with van der Waals surface area (Å²) < 4.78 is 10.2. The maximum Gasteiger partial charge on any atom is 0.0589 e. The molecule has 0 fully saturated rings. The van der Waals surface area contributed by atoms with E-state index in [1.165, 1.54) is 0 Å². The molecule has 16 heavy (non-hydrogen) atoms. The largest absolute Gasteiger partial charge is 0.383 e. The number of ether oxygens (including phenoxy) is 2. The average molecular weight is 232 g/mol. The lowest BCUT2D eigenvalue weighted by Gasteiger charge is -2.22. The van der Waals surface area contributed by atoms with Gasteiger partial charge in [-0.05, 0) is 25.8 Å². The van der Waals surface area contributed by atoms with Crippen molar-refractivity contribution in [1.82, 2.24) is 4.90 Å². The summed E-state index contributed by atoms with van der Waals surface area (Å²) in [6.45, 7) is 6.73. The van der Waals surface area contributed by atoms with Crippen LogP contribution < -0.4 is 5.73 Å². The molecule has 4 nitrogen and oxygen atoms in total. The molecule has 1 atom stereocenters. The smallest absolute Gasteiger partial charge is 0.0589 e. The third-order valence-electron chi connectivity index (χ3n) is 2.80. The van der Waals surface area contributed by atoms with Crippen LogP contribution in [0.5, 0.6) is 0 Å². The van der Waals surface area contributed by atoms with Crippen molar-refractivity contribution in [2.45, 2.75) is 32.2 Å². The Bertz CT molecular complexity index is 137. The molecule has 0 aromatic heterocycles. The van der Waals surface area contributed by atoms with Gasteiger partial charge in [0, 0.05) is 33.4 Å². The van der Waals surface area contributed by atoms with Crippen molar-refractivity contribution in [1.29, 1.82) is 0 Å². The monoisotopic (exact) mass is 232 g/mol. The van der Waals surface area contributed by atoms with E-state index in [0.29, 0.717) is 6.04 Å². The first kappa shape index (κ1) is 15.8. The number of hydrogen-bond acceptors (Lipinski definition) is 4. The lowest BCUT2D eigenvalue weighted by molar-refractivity contribution is 0.112. The van der Waals surface area contributed by atoms with Crippen LogP contribution in [0.25, 0.3) is 0 Å². The highest BCUT2D eigenvalue weighted by atomic mass is 16.5. The van der Waals surface area contributed by atoms with Crippen LogP contribution in [-0.2, 0) is 9.47 Å². The van der Waals surface area contributed by atoms with Gasteiger partial charge < -0.3 is 15.2 Å². The molecule has 98 valence electrons. The Kier molecular flexibility index (Phi) is 11.2. The maximum atomic E-state index is 5.89. The summed E-state index contributed by atoms with van der Waals surface area (Å²) in [5.41, 5.74) is 5.89. The first-order valence-corrected chi connectivity index (χ1v) is 6.20. The minimum absolute atomic E-state index is 0.353. The number of rotatable bonds is 11. The summed E-state index contributed by atoms with van der Waals surface area (Å²) >= 11 is 0. The van der Waals surface area contributed by atoms with Gasteiger partial charge in [0.2, 0.25) is 0 Å². The number of hydrogen-bond donors (Lipinski definition) is 1. The fourth-order valence-electron chi connectivity index (χ4n) is 1.56. The van der Waals surface area contributed by atoms with Crippen LogP contribution in [0, 0.1) is 0 Å². The van der Waals surface area contributed by atoms with E-state index in [1.807, 2.05) is 0 Å². The highest BCUT2D eigenvalue weighted by Gasteiger charge is 2.05. The van der Waals surface area contributed by atoms with Gasteiger partial charge in [-0.15, -0.1) is 0 Å². The van der Waals surface area contributed by atoms with Gasteiger partial charge in [-0.3, -0.25) is 4.90 Å². The van der Waals surface area contributed by atoms with E-state index in [-0.39, 0.29) is 0 Å². The molecule has 0 aromatic carbocycles. The Balaban J connectivity index is 3.63. The highest BCUT2D eigenvalue weighted by molar-refractivity contribution is 4.62. The van der Waals surface area contributed by atoms with Crippen LogP contribution in [0.2, 0.25) is 0 Å². The van der Waals surface area contributed by atoms with Gasteiger partial charge >= 0.3 is 0 Å². The molecule has 4 heteroatoms.